The lowest BCUT2D eigenvalue weighted by Gasteiger charge is -2.18. The van der Waals surface area contributed by atoms with Crippen LogP contribution in [0.25, 0.3) is 11.7 Å². The van der Waals surface area contributed by atoms with Gasteiger partial charge in [0.15, 0.2) is 5.76 Å². The van der Waals surface area contributed by atoms with Crippen molar-refractivity contribution in [2.75, 3.05) is 19.7 Å². The third kappa shape index (κ3) is 4.42. The molecule has 0 aliphatic heterocycles. The Morgan fingerprint density at radius 3 is 2.90 bits per heavy atom. The molecule has 0 N–H and O–H groups in total. The van der Waals surface area contributed by atoms with Crippen molar-refractivity contribution in [3.8, 4) is 11.7 Å². The maximum Gasteiger partial charge on any atom is 0.320 e. The summed E-state index contributed by atoms with van der Waals surface area (Å²) in [6.07, 6.45) is 2.46. The zero-order valence-corrected chi connectivity index (χ0v) is 12.2. The summed E-state index contributed by atoms with van der Waals surface area (Å²) in [6, 6.07) is 3.50. The Kier molecular flexibility index (Phi) is 5.51. The Labute approximate surface area is 122 Å². The largest absolute Gasteiger partial charge is 0.465 e. The van der Waals surface area contributed by atoms with E-state index in [1.54, 1.807) is 25.3 Å². The van der Waals surface area contributed by atoms with Crippen LogP contribution in [0.1, 0.15) is 26.2 Å². The van der Waals surface area contributed by atoms with Crippen molar-refractivity contribution in [2.45, 2.75) is 26.8 Å². The van der Waals surface area contributed by atoms with Crippen LogP contribution in [-0.4, -0.2) is 40.8 Å². The summed E-state index contributed by atoms with van der Waals surface area (Å²) in [5.41, 5.74) is 0. The summed E-state index contributed by atoms with van der Waals surface area (Å²) < 4.78 is 15.7. The van der Waals surface area contributed by atoms with Crippen molar-refractivity contribution >= 4 is 5.97 Å². The topological polar surface area (TPSA) is 81.6 Å². The predicted molar refractivity (Wildman–Crippen MR) is 74.2 cm³/mol. The molecule has 0 saturated heterocycles. The first kappa shape index (κ1) is 15.2. The molecule has 114 valence electrons. The molecule has 2 rings (SSSR count). The number of ether oxygens (including phenoxy) is 1. The van der Waals surface area contributed by atoms with Crippen LogP contribution in [0, 0.1) is 0 Å². The normalized spacial score (nSPS) is 11.0. The van der Waals surface area contributed by atoms with Crippen LogP contribution in [0.2, 0.25) is 0 Å². The highest BCUT2D eigenvalue weighted by Crippen LogP contribution is 2.18. The van der Waals surface area contributed by atoms with E-state index in [0.717, 1.165) is 13.0 Å². The number of rotatable bonds is 8. The van der Waals surface area contributed by atoms with Crippen molar-refractivity contribution in [1.29, 1.82) is 0 Å². The van der Waals surface area contributed by atoms with Gasteiger partial charge in [0.05, 0.1) is 26.0 Å². The summed E-state index contributed by atoms with van der Waals surface area (Å²) in [5, 5.41) is 7.91. The van der Waals surface area contributed by atoms with E-state index in [4.69, 9.17) is 13.6 Å². The molecule has 21 heavy (non-hydrogen) atoms. The lowest BCUT2D eigenvalue weighted by Crippen LogP contribution is -2.31. The number of furan rings is 1. The molecule has 0 fully saturated rings. The second-order valence-corrected chi connectivity index (χ2v) is 4.49. The van der Waals surface area contributed by atoms with Crippen molar-refractivity contribution < 1.29 is 18.4 Å². The molecule has 0 aromatic carbocycles. The molecule has 0 unspecified atom stereocenters. The molecule has 0 atom stereocenters. The van der Waals surface area contributed by atoms with E-state index >= 15 is 0 Å². The van der Waals surface area contributed by atoms with E-state index in [-0.39, 0.29) is 12.5 Å². The maximum atomic E-state index is 11.6. The number of hydrogen-bond acceptors (Lipinski definition) is 7. The van der Waals surface area contributed by atoms with Gasteiger partial charge in [0.2, 0.25) is 5.89 Å². The van der Waals surface area contributed by atoms with Crippen LogP contribution in [-0.2, 0) is 16.1 Å². The fourth-order valence-electron chi connectivity index (χ4n) is 1.93. The molecule has 0 saturated carbocycles. The third-order valence-electron chi connectivity index (χ3n) is 2.76. The van der Waals surface area contributed by atoms with Crippen LogP contribution in [0.4, 0.5) is 0 Å². The average molecular weight is 293 g/mol. The Balaban J connectivity index is 1.98. The highest BCUT2D eigenvalue weighted by molar-refractivity contribution is 5.71. The molecule has 0 bridgehead atoms. The quantitative estimate of drug-likeness (QED) is 0.689. The summed E-state index contributed by atoms with van der Waals surface area (Å²) in [4.78, 5) is 13.5. The number of carbonyl (C=O) groups is 1. The zero-order valence-electron chi connectivity index (χ0n) is 12.2. The van der Waals surface area contributed by atoms with E-state index in [1.807, 2.05) is 11.8 Å². The number of esters is 1. The molecule has 0 aliphatic rings. The van der Waals surface area contributed by atoms with E-state index in [1.165, 1.54) is 0 Å². The Morgan fingerprint density at radius 2 is 2.24 bits per heavy atom. The standard InChI is InChI=1S/C14H19N3O4/c1-3-7-17(10-13(18)19-4-2)9-12-15-16-14(21-12)11-6-5-8-20-11/h5-6,8H,3-4,7,9-10H2,1-2H3. The maximum absolute atomic E-state index is 11.6. The first-order chi connectivity index (χ1) is 10.2. The van der Waals surface area contributed by atoms with E-state index in [9.17, 15) is 4.79 Å². The molecular weight excluding hydrogens is 274 g/mol. The van der Waals surface area contributed by atoms with Crippen LogP contribution in [0.15, 0.2) is 27.2 Å². The number of carbonyl (C=O) groups excluding carboxylic acids is 1. The van der Waals surface area contributed by atoms with Gasteiger partial charge in [0.25, 0.3) is 5.89 Å². The smallest absolute Gasteiger partial charge is 0.320 e. The van der Waals surface area contributed by atoms with Gasteiger partial charge in [-0.25, -0.2) is 0 Å². The summed E-state index contributed by atoms with van der Waals surface area (Å²) >= 11 is 0. The highest BCUT2D eigenvalue weighted by Gasteiger charge is 2.16. The molecule has 7 heteroatoms. The number of nitrogens with zero attached hydrogens (tertiary/aromatic N) is 3. The first-order valence-electron chi connectivity index (χ1n) is 6.97. The summed E-state index contributed by atoms with van der Waals surface area (Å²) in [6.45, 7) is 5.57. The Hall–Kier alpha value is -2.15. The fourth-order valence-corrected chi connectivity index (χ4v) is 1.93. The van der Waals surface area contributed by atoms with Crippen molar-refractivity contribution in [3.63, 3.8) is 0 Å². The molecule has 0 aliphatic carbocycles. The lowest BCUT2D eigenvalue weighted by molar-refractivity contribution is -0.144. The number of hydrogen-bond donors (Lipinski definition) is 0. The van der Waals surface area contributed by atoms with Crippen LogP contribution >= 0.6 is 0 Å². The van der Waals surface area contributed by atoms with Gasteiger partial charge in [0.1, 0.15) is 0 Å². The Bertz CT molecular complexity index is 550. The fraction of sp³-hybridized carbons (Fsp3) is 0.500. The van der Waals surface area contributed by atoms with Gasteiger partial charge >= 0.3 is 5.97 Å². The molecule has 0 amide bonds. The molecule has 7 nitrogen and oxygen atoms in total. The van der Waals surface area contributed by atoms with Crippen LogP contribution in [0.5, 0.6) is 0 Å². The van der Waals surface area contributed by atoms with Crippen molar-refractivity contribution in [1.82, 2.24) is 15.1 Å². The van der Waals surface area contributed by atoms with Gasteiger partial charge in [-0.2, -0.15) is 0 Å². The molecule has 2 heterocycles. The van der Waals surface area contributed by atoms with Crippen LogP contribution < -0.4 is 0 Å². The van der Waals surface area contributed by atoms with Gasteiger partial charge in [-0.15, -0.1) is 10.2 Å². The predicted octanol–water partition coefficient (Wildman–Crippen LogP) is 2.10. The molecule has 0 radical (unpaired) electrons. The minimum atomic E-state index is -0.253. The van der Waals surface area contributed by atoms with Crippen molar-refractivity contribution in [3.05, 3.63) is 24.3 Å². The van der Waals surface area contributed by atoms with E-state index < -0.39 is 0 Å². The van der Waals surface area contributed by atoms with Crippen molar-refractivity contribution in [2.24, 2.45) is 0 Å². The van der Waals surface area contributed by atoms with Crippen LogP contribution in [0.3, 0.4) is 0 Å². The van der Waals surface area contributed by atoms with Gasteiger partial charge in [-0.3, -0.25) is 9.69 Å². The third-order valence-corrected chi connectivity index (χ3v) is 2.76. The second-order valence-electron chi connectivity index (χ2n) is 4.49. The second kappa shape index (κ2) is 7.58. The lowest BCUT2D eigenvalue weighted by atomic mass is 10.4. The molecule has 0 spiro atoms. The summed E-state index contributed by atoms with van der Waals surface area (Å²) in [7, 11) is 0. The highest BCUT2D eigenvalue weighted by atomic mass is 16.5. The molecule has 2 aromatic heterocycles. The van der Waals surface area contributed by atoms with E-state index in [0.29, 0.717) is 30.7 Å². The van der Waals surface area contributed by atoms with Gasteiger partial charge in [-0.1, -0.05) is 6.92 Å². The average Bonchev–Trinajstić information content (AvgIpc) is 3.09. The minimum Gasteiger partial charge on any atom is -0.465 e. The Morgan fingerprint density at radius 1 is 1.38 bits per heavy atom. The molecule has 2 aromatic rings. The van der Waals surface area contributed by atoms with Gasteiger partial charge in [-0.05, 0) is 32.0 Å². The monoisotopic (exact) mass is 293 g/mol. The zero-order chi connectivity index (χ0) is 15.1. The van der Waals surface area contributed by atoms with E-state index in [2.05, 4.69) is 10.2 Å². The minimum absolute atomic E-state index is 0.208. The SMILES string of the molecule is CCCN(CC(=O)OCC)Cc1nnc(-c2ccco2)o1. The number of aromatic nitrogens is 2. The molecular formula is C14H19N3O4. The summed E-state index contributed by atoms with van der Waals surface area (Å²) in [5.74, 6) is 1.06. The first-order valence-corrected chi connectivity index (χ1v) is 6.97. The van der Waals surface area contributed by atoms with Gasteiger partial charge < -0.3 is 13.6 Å². The van der Waals surface area contributed by atoms with Gasteiger partial charge in [0, 0.05) is 0 Å².